The third-order valence-corrected chi connectivity index (χ3v) is 3.45. The number of fused-ring (bicyclic) bond motifs is 1. The highest BCUT2D eigenvalue weighted by molar-refractivity contribution is 6.69. The van der Waals surface area contributed by atoms with Crippen molar-refractivity contribution in [2.45, 2.75) is 32.2 Å². The van der Waals surface area contributed by atoms with Crippen LogP contribution in [0.2, 0.25) is 19.6 Å². The van der Waals surface area contributed by atoms with Gasteiger partial charge in [0.2, 0.25) is 0 Å². The molecule has 0 saturated heterocycles. The van der Waals surface area contributed by atoms with Crippen LogP contribution >= 0.6 is 0 Å². The fourth-order valence-electron chi connectivity index (χ4n) is 1.90. The summed E-state index contributed by atoms with van der Waals surface area (Å²) in [5, 5.41) is 0. The minimum absolute atomic E-state index is 0.182. The van der Waals surface area contributed by atoms with Gasteiger partial charge in [-0.1, -0.05) is 36.4 Å². The molecule has 1 atom stereocenters. The van der Waals surface area contributed by atoms with Crippen LogP contribution in [0, 0.1) is 0 Å². The van der Waals surface area contributed by atoms with Crippen LogP contribution in [0.3, 0.4) is 0 Å². The first-order valence-electron chi connectivity index (χ1n) is 5.48. The van der Waals surface area contributed by atoms with E-state index in [4.69, 9.17) is 4.43 Å². The average Bonchev–Trinajstić information content (AvgIpc) is 2.16. The third-order valence-electron chi connectivity index (χ3n) is 2.49. The fraction of sp³-hybridized carbons (Fsp3) is 0.385. The smallest absolute Gasteiger partial charge is 0.185 e. The lowest BCUT2D eigenvalue weighted by molar-refractivity contribution is 0.244. The van der Waals surface area contributed by atoms with Crippen LogP contribution in [0.15, 0.2) is 36.4 Å². The molecule has 1 aliphatic carbocycles. The highest BCUT2D eigenvalue weighted by Crippen LogP contribution is 2.30. The molecule has 80 valence electrons. The van der Waals surface area contributed by atoms with E-state index >= 15 is 0 Å². The maximum Gasteiger partial charge on any atom is 0.185 e. The van der Waals surface area contributed by atoms with Crippen LogP contribution in [0.4, 0.5) is 0 Å². The van der Waals surface area contributed by atoms with Gasteiger partial charge in [0.15, 0.2) is 8.32 Å². The minimum Gasteiger partial charge on any atom is -0.407 e. The minimum atomic E-state index is -1.46. The lowest BCUT2D eigenvalue weighted by Gasteiger charge is -2.28. The monoisotopic (exact) mass is 218 g/mol. The van der Waals surface area contributed by atoms with E-state index in [1.54, 1.807) is 0 Å². The normalized spacial score (nSPS) is 20.1. The molecule has 0 fully saturated rings. The van der Waals surface area contributed by atoms with Gasteiger partial charge in [-0.25, -0.2) is 0 Å². The Morgan fingerprint density at radius 1 is 1.20 bits per heavy atom. The van der Waals surface area contributed by atoms with Crippen molar-refractivity contribution >= 4 is 8.32 Å². The van der Waals surface area contributed by atoms with E-state index in [1.165, 1.54) is 11.1 Å². The largest absolute Gasteiger partial charge is 0.407 e. The Bertz CT molecular complexity index is 376. The molecule has 0 aromatic heterocycles. The summed E-state index contributed by atoms with van der Waals surface area (Å²) in [5.41, 5.74) is 2.76. The van der Waals surface area contributed by atoms with Crippen LogP contribution in [-0.4, -0.2) is 8.32 Å². The first-order chi connectivity index (χ1) is 7.06. The quantitative estimate of drug-likeness (QED) is 0.543. The van der Waals surface area contributed by atoms with Crippen LogP contribution in [-0.2, 0) is 10.8 Å². The molecular weight excluding hydrogens is 200 g/mol. The predicted molar refractivity (Wildman–Crippen MR) is 66.5 cm³/mol. The van der Waals surface area contributed by atoms with Crippen molar-refractivity contribution in [3.05, 3.63) is 47.5 Å². The SMILES string of the molecule is C[Si](C)(C)OC1C=CCc2ccccc21. The summed E-state index contributed by atoms with van der Waals surface area (Å²) >= 11 is 0. The summed E-state index contributed by atoms with van der Waals surface area (Å²) in [4.78, 5) is 0. The number of rotatable bonds is 2. The van der Waals surface area contributed by atoms with Crippen LogP contribution in [0.25, 0.3) is 0 Å². The molecule has 0 N–H and O–H groups in total. The van der Waals surface area contributed by atoms with Crippen LogP contribution in [0.5, 0.6) is 0 Å². The average molecular weight is 218 g/mol. The molecule has 0 radical (unpaired) electrons. The lowest BCUT2D eigenvalue weighted by atomic mass is 9.95. The standard InChI is InChI=1S/C13H18OSi/c1-15(2,3)14-13-10-6-8-11-7-4-5-9-12(11)13/h4-7,9-10,13H,8H2,1-3H3. The van der Waals surface area contributed by atoms with E-state index in [0.29, 0.717) is 0 Å². The van der Waals surface area contributed by atoms with Crippen molar-refractivity contribution in [3.63, 3.8) is 0 Å². The van der Waals surface area contributed by atoms with Gasteiger partial charge < -0.3 is 4.43 Å². The molecule has 0 bridgehead atoms. The topological polar surface area (TPSA) is 9.23 Å². The van der Waals surface area contributed by atoms with Gasteiger partial charge in [-0.15, -0.1) is 0 Å². The van der Waals surface area contributed by atoms with Gasteiger partial charge in [0.25, 0.3) is 0 Å². The van der Waals surface area contributed by atoms with Gasteiger partial charge in [0, 0.05) is 0 Å². The number of hydrogen-bond donors (Lipinski definition) is 0. The van der Waals surface area contributed by atoms with E-state index in [0.717, 1.165) is 6.42 Å². The van der Waals surface area contributed by atoms with Gasteiger partial charge in [0.05, 0.1) is 6.10 Å². The Labute approximate surface area is 92.9 Å². The number of allylic oxidation sites excluding steroid dienone is 1. The third kappa shape index (κ3) is 2.58. The van der Waals surface area contributed by atoms with Gasteiger partial charge >= 0.3 is 0 Å². The molecule has 1 unspecified atom stereocenters. The summed E-state index contributed by atoms with van der Waals surface area (Å²) < 4.78 is 6.16. The molecule has 2 heteroatoms. The second-order valence-electron chi connectivity index (χ2n) is 4.98. The van der Waals surface area contributed by atoms with Crippen LogP contribution < -0.4 is 0 Å². The first kappa shape index (κ1) is 10.6. The Kier molecular flexibility index (Phi) is 2.80. The van der Waals surface area contributed by atoms with Gasteiger partial charge in [-0.2, -0.15) is 0 Å². The Balaban J connectivity index is 2.27. The molecule has 2 rings (SSSR count). The van der Waals surface area contributed by atoms with Crippen molar-refractivity contribution in [3.8, 4) is 0 Å². The van der Waals surface area contributed by atoms with Crippen molar-refractivity contribution in [2.75, 3.05) is 0 Å². The highest BCUT2D eigenvalue weighted by atomic mass is 28.4. The van der Waals surface area contributed by atoms with E-state index in [-0.39, 0.29) is 6.10 Å². The predicted octanol–water partition coefficient (Wildman–Crippen LogP) is 3.69. The molecule has 1 aromatic carbocycles. The molecule has 0 heterocycles. The molecule has 15 heavy (non-hydrogen) atoms. The summed E-state index contributed by atoms with van der Waals surface area (Å²) in [6.45, 7) is 6.70. The van der Waals surface area contributed by atoms with Crippen LogP contribution in [0.1, 0.15) is 17.2 Å². The lowest BCUT2D eigenvalue weighted by Crippen LogP contribution is -2.28. The molecule has 1 aliphatic rings. The zero-order chi connectivity index (χ0) is 10.9. The molecule has 1 nitrogen and oxygen atoms in total. The molecule has 0 amide bonds. The maximum atomic E-state index is 6.16. The Morgan fingerprint density at radius 2 is 1.93 bits per heavy atom. The van der Waals surface area contributed by atoms with E-state index in [2.05, 4.69) is 56.1 Å². The van der Waals surface area contributed by atoms with Crippen molar-refractivity contribution < 1.29 is 4.43 Å². The van der Waals surface area contributed by atoms with Gasteiger partial charge in [-0.3, -0.25) is 0 Å². The molecule has 1 aromatic rings. The second-order valence-corrected chi connectivity index (χ2v) is 9.44. The number of hydrogen-bond acceptors (Lipinski definition) is 1. The number of benzene rings is 1. The van der Waals surface area contributed by atoms with E-state index < -0.39 is 8.32 Å². The van der Waals surface area contributed by atoms with E-state index in [1.807, 2.05) is 0 Å². The fourth-order valence-corrected chi connectivity index (χ4v) is 2.87. The Morgan fingerprint density at radius 3 is 2.67 bits per heavy atom. The zero-order valence-electron chi connectivity index (χ0n) is 9.66. The molecule has 0 spiro atoms. The van der Waals surface area contributed by atoms with Crippen molar-refractivity contribution in [1.29, 1.82) is 0 Å². The van der Waals surface area contributed by atoms with Crippen molar-refractivity contribution in [2.24, 2.45) is 0 Å². The van der Waals surface area contributed by atoms with Gasteiger partial charge in [0.1, 0.15) is 0 Å². The summed E-state index contributed by atoms with van der Waals surface area (Å²) in [5.74, 6) is 0. The van der Waals surface area contributed by atoms with E-state index in [9.17, 15) is 0 Å². The maximum absolute atomic E-state index is 6.16. The summed E-state index contributed by atoms with van der Waals surface area (Å²) in [7, 11) is -1.46. The van der Waals surface area contributed by atoms with Crippen molar-refractivity contribution in [1.82, 2.24) is 0 Å². The van der Waals surface area contributed by atoms with Gasteiger partial charge in [-0.05, 0) is 37.2 Å². The highest BCUT2D eigenvalue weighted by Gasteiger charge is 2.23. The first-order valence-corrected chi connectivity index (χ1v) is 8.89. The summed E-state index contributed by atoms with van der Waals surface area (Å²) in [6.07, 6.45) is 5.64. The molecule has 0 saturated carbocycles. The molecule has 0 aliphatic heterocycles. The molecular formula is C13H18OSi. The summed E-state index contributed by atoms with van der Waals surface area (Å²) in [6, 6.07) is 8.57. The zero-order valence-corrected chi connectivity index (χ0v) is 10.7. The second kappa shape index (κ2) is 3.95. The Hall–Kier alpha value is -0.863.